The maximum atomic E-state index is 12.9. The van der Waals surface area contributed by atoms with Crippen LogP contribution in [0.3, 0.4) is 0 Å². The second-order valence-electron chi connectivity index (χ2n) is 6.87. The summed E-state index contributed by atoms with van der Waals surface area (Å²) >= 11 is 3.53. The summed E-state index contributed by atoms with van der Waals surface area (Å²) in [6, 6.07) is 12.9. The lowest BCUT2D eigenvalue weighted by molar-refractivity contribution is -0.140. The molecule has 2 aromatic carbocycles. The van der Waals surface area contributed by atoms with Crippen molar-refractivity contribution < 1.29 is 28.5 Å². The topological polar surface area (TPSA) is 83.1 Å². The molecule has 1 unspecified atom stereocenters. The van der Waals surface area contributed by atoms with Gasteiger partial charge in [0, 0.05) is 22.5 Å². The zero-order valence-corrected chi connectivity index (χ0v) is 17.9. The predicted octanol–water partition coefficient (Wildman–Crippen LogP) is 3.68. The molecule has 1 N–H and O–H groups in total. The van der Waals surface area contributed by atoms with E-state index in [0.29, 0.717) is 28.5 Å². The van der Waals surface area contributed by atoms with Crippen LogP contribution in [0.4, 0.5) is 0 Å². The molecule has 0 fully saturated rings. The highest BCUT2D eigenvalue weighted by atomic mass is 79.9. The Morgan fingerprint density at radius 1 is 1.17 bits per heavy atom. The number of hydrogen-bond acceptors (Lipinski definition) is 6. The summed E-state index contributed by atoms with van der Waals surface area (Å²) in [5, 5.41) is 2.74. The van der Waals surface area contributed by atoms with Crippen molar-refractivity contribution in [3.05, 3.63) is 63.8 Å². The number of carbonyl (C=O) groups is 2. The van der Waals surface area contributed by atoms with Gasteiger partial charge in [0.2, 0.25) is 12.7 Å². The molecule has 0 bridgehead atoms. The van der Waals surface area contributed by atoms with Crippen LogP contribution in [0.25, 0.3) is 0 Å². The van der Waals surface area contributed by atoms with Gasteiger partial charge in [-0.3, -0.25) is 4.79 Å². The summed E-state index contributed by atoms with van der Waals surface area (Å²) < 4.78 is 22.6. The Balaban J connectivity index is 1.50. The number of benzene rings is 2. The van der Waals surface area contributed by atoms with Crippen molar-refractivity contribution in [3.63, 3.8) is 0 Å². The van der Waals surface area contributed by atoms with E-state index in [1.807, 2.05) is 30.3 Å². The van der Waals surface area contributed by atoms with Crippen LogP contribution < -0.4 is 19.5 Å². The third-order valence-electron chi connectivity index (χ3n) is 4.88. The Morgan fingerprint density at radius 3 is 2.67 bits per heavy atom. The maximum Gasteiger partial charge on any atom is 0.336 e. The van der Waals surface area contributed by atoms with Crippen molar-refractivity contribution in [1.29, 1.82) is 0 Å². The first-order valence-electron chi connectivity index (χ1n) is 9.47. The molecule has 2 aliphatic rings. The van der Waals surface area contributed by atoms with Crippen molar-refractivity contribution in [2.45, 2.75) is 19.3 Å². The average molecular weight is 474 g/mol. The van der Waals surface area contributed by atoms with Crippen molar-refractivity contribution in [2.24, 2.45) is 0 Å². The van der Waals surface area contributed by atoms with E-state index in [9.17, 15) is 9.59 Å². The van der Waals surface area contributed by atoms with E-state index < -0.39 is 11.9 Å². The molecule has 0 saturated carbocycles. The van der Waals surface area contributed by atoms with Gasteiger partial charge in [-0.1, -0.05) is 34.1 Å². The zero-order chi connectivity index (χ0) is 21.1. The molecule has 7 nitrogen and oxygen atoms in total. The van der Waals surface area contributed by atoms with Crippen molar-refractivity contribution in [3.8, 4) is 17.2 Å². The second kappa shape index (κ2) is 8.79. The summed E-state index contributed by atoms with van der Waals surface area (Å²) in [7, 11) is 0. The number of nitrogens with one attached hydrogen (secondary N) is 1. The van der Waals surface area contributed by atoms with Crippen LogP contribution in [0.1, 0.15) is 24.8 Å². The molecule has 0 spiro atoms. The first-order valence-corrected chi connectivity index (χ1v) is 10.3. The van der Waals surface area contributed by atoms with Crippen molar-refractivity contribution in [1.82, 2.24) is 5.32 Å². The number of para-hydroxylation sites is 1. The van der Waals surface area contributed by atoms with Crippen LogP contribution >= 0.6 is 15.9 Å². The average Bonchev–Trinajstić information content (AvgIpc) is 3.18. The number of carbonyl (C=O) groups excluding carboxylic acids is 2. The third kappa shape index (κ3) is 4.28. The number of amides is 1. The van der Waals surface area contributed by atoms with Gasteiger partial charge in [-0.2, -0.15) is 0 Å². The summed E-state index contributed by atoms with van der Waals surface area (Å²) in [4.78, 5) is 25.1. The molecule has 2 aliphatic heterocycles. The third-order valence-corrected chi connectivity index (χ3v) is 5.57. The van der Waals surface area contributed by atoms with Crippen molar-refractivity contribution >= 4 is 27.8 Å². The molecule has 1 amide bonds. The standard InChI is InChI=1S/C22H20BrNO6/c1-13-21(22(26)28-8-7-27-14-5-3-2-4-6-14)16(10-20(25)24-13)15-9-18-19(11-17(15)23)30-12-29-18/h2-6,9,11,16H,7-8,10,12H2,1H3,(H,24,25). The maximum absolute atomic E-state index is 12.9. The minimum Gasteiger partial charge on any atom is -0.490 e. The van der Waals surface area contributed by atoms with Crippen LogP contribution in [-0.4, -0.2) is 31.9 Å². The van der Waals surface area contributed by atoms with E-state index in [4.69, 9.17) is 18.9 Å². The fourth-order valence-corrected chi connectivity index (χ4v) is 4.12. The Labute approximate surface area is 182 Å². The van der Waals surface area contributed by atoms with E-state index in [2.05, 4.69) is 21.2 Å². The lowest BCUT2D eigenvalue weighted by Crippen LogP contribution is -2.34. The molecule has 0 radical (unpaired) electrons. The Bertz CT molecular complexity index is 1000. The van der Waals surface area contributed by atoms with Gasteiger partial charge in [-0.25, -0.2) is 4.79 Å². The minimum absolute atomic E-state index is 0.0908. The quantitative estimate of drug-likeness (QED) is 0.508. The lowest BCUT2D eigenvalue weighted by atomic mass is 9.84. The number of fused-ring (bicyclic) bond motifs is 1. The van der Waals surface area contributed by atoms with Gasteiger partial charge in [0.1, 0.15) is 19.0 Å². The molecule has 0 aliphatic carbocycles. The van der Waals surface area contributed by atoms with Gasteiger partial charge in [0.05, 0.1) is 5.57 Å². The van der Waals surface area contributed by atoms with Crippen LogP contribution in [0.5, 0.6) is 17.2 Å². The number of allylic oxidation sites excluding steroid dienone is 1. The number of halogens is 1. The van der Waals surface area contributed by atoms with E-state index in [-0.39, 0.29) is 32.3 Å². The highest BCUT2D eigenvalue weighted by Gasteiger charge is 2.35. The van der Waals surface area contributed by atoms with E-state index in [0.717, 1.165) is 10.0 Å². The Hall–Kier alpha value is -3.00. The molecule has 4 rings (SSSR count). The molecule has 156 valence electrons. The highest BCUT2D eigenvalue weighted by molar-refractivity contribution is 9.10. The van der Waals surface area contributed by atoms with Gasteiger partial charge in [0.25, 0.3) is 0 Å². The molecule has 30 heavy (non-hydrogen) atoms. The number of rotatable bonds is 6. The SMILES string of the molecule is CC1=C(C(=O)OCCOc2ccccc2)C(c2cc3c(cc2Br)OCO3)CC(=O)N1. The largest absolute Gasteiger partial charge is 0.490 e. The highest BCUT2D eigenvalue weighted by Crippen LogP contribution is 2.43. The molecule has 2 aromatic rings. The monoisotopic (exact) mass is 473 g/mol. The summed E-state index contributed by atoms with van der Waals surface area (Å²) in [6.45, 7) is 2.16. The van der Waals surface area contributed by atoms with E-state index in [1.54, 1.807) is 19.1 Å². The van der Waals surface area contributed by atoms with Gasteiger partial charge in [0.15, 0.2) is 11.5 Å². The van der Waals surface area contributed by atoms with E-state index >= 15 is 0 Å². The van der Waals surface area contributed by atoms with Crippen LogP contribution in [0, 0.1) is 0 Å². The molecule has 0 aromatic heterocycles. The molecule has 0 saturated heterocycles. The predicted molar refractivity (Wildman–Crippen MR) is 111 cm³/mol. The molecule has 2 heterocycles. The minimum atomic E-state index is -0.487. The Kier molecular flexibility index (Phi) is 5.94. The Morgan fingerprint density at radius 2 is 1.90 bits per heavy atom. The number of esters is 1. The van der Waals surface area contributed by atoms with Crippen LogP contribution in [0.2, 0.25) is 0 Å². The van der Waals surface area contributed by atoms with Crippen molar-refractivity contribution in [2.75, 3.05) is 20.0 Å². The smallest absolute Gasteiger partial charge is 0.336 e. The molecular formula is C22H20BrNO6. The van der Waals surface area contributed by atoms with Gasteiger partial charge < -0.3 is 24.3 Å². The second-order valence-corrected chi connectivity index (χ2v) is 7.72. The first kappa shape index (κ1) is 20.3. The van der Waals surface area contributed by atoms with Crippen LogP contribution in [-0.2, 0) is 14.3 Å². The summed E-state index contributed by atoms with van der Waals surface area (Å²) in [6.07, 6.45) is 0.126. The molecule has 8 heteroatoms. The van der Waals surface area contributed by atoms with Gasteiger partial charge >= 0.3 is 5.97 Å². The van der Waals surface area contributed by atoms with Crippen LogP contribution in [0.15, 0.2) is 58.2 Å². The van der Waals surface area contributed by atoms with Gasteiger partial charge in [-0.15, -0.1) is 0 Å². The zero-order valence-electron chi connectivity index (χ0n) is 16.3. The fraction of sp³-hybridized carbons (Fsp3) is 0.273. The first-order chi connectivity index (χ1) is 14.5. The molecular weight excluding hydrogens is 454 g/mol. The molecule has 1 atom stereocenters. The lowest BCUT2D eigenvalue weighted by Gasteiger charge is -2.27. The van der Waals surface area contributed by atoms with E-state index in [1.165, 1.54) is 0 Å². The normalized spacial score (nSPS) is 17.5. The van der Waals surface area contributed by atoms with Gasteiger partial charge in [-0.05, 0) is 36.8 Å². The number of hydrogen-bond donors (Lipinski definition) is 1. The fourth-order valence-electron chi connectivity index (χ4n) is 3.53. The summed E-state index contributed by atoms with van der Waals surface area (Å²) in [5.74, 6) is 0.792. The summed E-state index contributed by atoms with van der Waals surface area (Å²) in [5.41, 5.74) is 1.66. The number of ether oxygens (including phenoxy) is 4.